The highest BCUT2D eigenvalue weighted by Crippen LogP contribution is 2.11. The zero-order valence-corrected chi connectivity index (χ0v) is 15.4. The molecule has 1 amide bonds. The molecule has 2 rings (SSSR count). The number of halogens is 2. The highest BCUT2D eigenvalue weighted by Gasteiger charge is 2.22. The second-order valence-corrected chi connectivity index (χ2v) is 5.99. The Labute approximate surface area is 162 Å². The molecule has 0 spiro atoms. The molecule has 0 saturated carbocycles. The van der Waals surface area contributed by atoms with Gasteiger partial charge >= 0.3 is 5.97 Å². The molecule has 2 aromatic rings. The number of hydrogen-bond acceptors (Lipinski definition) is 3. The summed E-state index contributed by atoms with van der Waals surface area (Å²) in [6.07, 6.45) is 6.13. The first kappa shape index (κ1) is 21.0. The van der Waals surface area contributed by atoms with Crippen molar-refractivity contribution in [1.82, 2.24) is 5.32 Å². The van der Waals surface area contributed by atoms with Crippen LogP contribution in [0.3, 0.4) is 0 Å². The van der Waals surface area contributed by atoms with E-state index in [1.54, 1.807) is 25.2 Å². The number of hydrogen-bond donors (Lipinski definition) is 1. The van der Waals surface area contributed by atoms with Gasteiger partial charge in [0.15, 0.2) is 0 Å². The van der Waals surface area contributed by atoms with Crippen molar-refractivity contribution in [3.05, 3.63) is 89.5 Å². The van der Waals surface area contributed by atoms with Crippen molar-refractivity contribution in [2.24, 2.45) is 0 Å². The van der Waals surface area contributed by atoms with Gasteiger partial charge in [-0.3, -0.25) is 4.79 Å². The Hall–Kier alpha value is -3.28. The van der Waals surface area contributed by atoms with Crippen molar-refractivity contribution < 1.29 is 23.1 Å². The Bertz CT molecular complexity index is 843. The predicted octanol–water partition coefficient (Wildman–Crippen LogP) is 3.82. The number of carbonyl (C=O) groups is 2. The maximum atomic E-state index is 13.4. The zero-order chi connectivity index (χ0) is 20.4. The molecule has 0 bridgehead atoms. The van der Waals surface area contributed by atoms with Gasteiger partial charge in [0.2, 0.25) is 5.91 Å². The summed E-state index contributed by atoms with van der Waals surface area (Å²) in [5.41, 5.74) is 1.05. The number of amides is 1. The van der Waals surface area contributed by atoms with Crippen LogP contribution in [0.15, 0.2) is 66.8 Å². The molecule has 0 unspecified atom stereocenters. The van der Waals surface area contributed by atoms with Crippen molar-refractivity contribution in [1.29, 1.82) is 0 Å². The summed E-state index contributed by atoms with van der Waals surface area (Å²) >= 11 is 0. The van der Waals surface area contributed by atoms with Crippen LogP contribution in [0.1, 0.15) is 18.1 Å². The van der Waals surface area contributed by atoms with E-state index in [4.69, 9.17) is 4.74 Å². The van der Waals surface area contributed by atoms with Crippen LogP contribution in [-0.2, 0) is 20.7 Å². The van der Waals surface area contributed by atoms with Crippen LogP contribution in [0.2, 0.25) is 0 Å². The molecular formula is C22H21F2NO3. The van der Waals surface area contributed by atoms with E-state index in [-0.39, 0.29) is 18.6 Å². The number of esters is 1. The average Bonchev–Trinajstić information content (AvgIpc) is 2.66. The quantitative estimate of drug-likeness (QED) is 0.427. The Balaban J connectivity index is 2.11. The summed E-state index contributed by atoms with van der Waals surface area (Å²) < 4.78 is 32.0. The van der Waals surface area contributed by atoms with Crippen LogP contribution >= 0.6 is 0 Å². The number of carbonyl (C=O) groups excluding carboxylic acids is 2. The van der Waals surface area contributed by atoms with Crippen LogP contribution < -0.4 is 5.32 Å². The molecule has 0 aromatic heterocycles. The summed E-state index contributed by atoms with van der Waals surface area (Å²) in [5.74, 6) is -2.73. The second kappa shape index (κ2) is 10.8. The lowest BCUT2D eigenvalue weighted by Gasteiger charge is -2.16. The van der Waals surface area contributed by atoms with Gasteiger partial charge in [0, 0.05) is 18.6 Å². The van der Waals surface area contributed by atoms with Gasteiger partial charge in [-0.25, -0.2) is 13.6 Å². The van der Waals surface area contributed by atoms with E-state index in [1.165, 1.54) is 6.08 Å². The van der Waals surface area contributed by atoms with E-state index in [1.807, 2.05) is 30.3 Å². The summed E-state index contributed by atoms with van der Waals surface area (Å²) in [6.45, 7) is 1.82. The number of ether oxygens (including phenoxy) is 1. The number of rotatable bonds is 8. The predicted molar refractivity (Wildman–Crippen MR) is 103 cm³/mol. The Morgan fingerprint density at radius 2 is 1.79 bits per heavy atom. The summed E-state index contributed by atoms with van der Waals surface area (Å²) in [5, 5.41) is 2.53. The number of benzene rings is 2. The minimum absolute atomic E-state index is 0.0407. The smallest absolute Gasteiger partial charge is 0.329 e. The Kier molecular flexibility index (Phi) is 8.09. The van der Waals surface area contributed by atoms with Crippen LogP contribution in [-0.4, -0.2) is 24.5 Å². The zero-order valence-electron chi connectivity index (χ0n) is 15.4. The van der Waals surface area contributed by atoms with E-state index in [0.29, 0.717) is 0 Å². The summed E-state index contributed by atoms with van der Waals surface area (Å²) in [6, 6.07) is 11.0. The van der Waals surface area contributed by atoms with Gasteiger partial charge in [0.25, 0.3) is 0 Å². The van der Waals surface area contributed by atoms with Crippen LogP contribution in [0, 0.1) is 11.6 Å². The number of nitrogens with one attached hydrogen (secondary N) is 1. The van der Waals surface area contributed by atoms with Crippen molar-refractivity contribution in [2.75, 3.05) is 6.61 Å². The van der Waals surface area contributed by atoms with Crippen molar-refractivity contribution in [3.8, 4) is 0 Å². The van der Waals surface area contributed by atoms with E-state index in [2.05, 4.69) is 5.32 Å². The average molecular weight is 385 g/mol. The highest BCUT2D eigenvalue weighted by atomic mass is 19.1. The first-order chi connectivity index (χ1) is 13.5. The van der Waals surface area contributed by atoms with Gasteiger partial charge in [-0.15, -0.1) is 0 Å². The molecule has 0 heterocycles. The van der Waals surface area contributed by atoms with Gasteiger partial charge in [-0.1, -0.05) is 42.5 Å². The van der Waals surface area contributed by atoms with Gasteiger partial charge in [0.05, 0.1) is 0 Å². The molecule has 0 aliphatic heterocycles. The SMILES string of the molecule is C/C=C\COC(=O)[C@H](Cc1cc(F)cc(F)c1)NC(=O)/C=C/c1ccccc1. The molecule has 28 heavy (non-hydrogen) atoms. The largest absolute Gasteiger partial charge is 0.460 e. The molecule has 146 valence electrons. The van der Waals surface area contributed by atoms with Crippen molar-refractivity contribution in [3.63, 3.8) is 0 Å². The molecule has 4 nitrogen and oxygen atoms in total. The van der Waals surface area contributed by atoms with E-state index < -0.39 is 29.6 Å². The fourth-order valence-electron chi connectivity index (χ4n) is 2.44. The monoisotopic (exact) mass is 385 g/mol. The third-order valence-electron chi connectivity index (χ3n) is 3.75. The Morgan fingerprint density at radius 1 is 1.11 bits per heavy atom. The summed E-state index contributed by atoms with van der Waals surface area (Å²) in [7, 11) is 0. The fraction of sp³-hybridized carbons (Fsp3) is 0.182. The molecule has 0 saturated heterocycles. The molecule has 1 N–H and O–H groups in total. The molecular weight excluding hydrogens is 364 g/mol. The molecule has 2 aromatic carbocycles. The molecule has 0 fully saturated rings. The maximum absolute atomic E-state index is 13.4. The van der Waals surface area contributed by atoms with Gasteiger partial charge < -0.3 is 10.1 Å². The first-order valence-corrected chi connectivity index (χ1v) is 8.74. The van der Waals surface area contributed by atoms with Gasteiger partial charge in [-0.2, -0.15) is 0 Å². The minimum Gasteiger partial charge on any atom is -0.460 e. The highest BCUT2D eigenvalue weighted by molar-refractivity contribution is 5.94. The standard InChI is InChI=1S/C22H21F2NO3/c1-2-3-11-28-22(27)20(14-17-12-18(23)15-19(24)13-17)25-21(26)10-9-16-7-5-4-6-8-16/h2-10,12-13,15,20H,11,14H2,1H3,(H,25,26)/b3-2-,10-9+/t20-/m0/s1. The maximum Gasteiger partial charge on any atom is 0.329 e. The van der Waals surface area contributed by atoms with Gasteiger partial charge in [0.1, 0.15) is 24.3 Å². The normalized spacial score (nSPS) is 12.2. The molecule has 0 aliphatic carbocycles. The minimum atomic E-state index is -1.08. The lowest BCUT2D eigenvalue weighted by Crippen LogP contribution is -2.42. The molecule has 0 radical (unpaired) electrons. The van der Waals surface area contributed by atoms with Crippen LogP contribution in [0.5, 0.6) is 0 Å². The Morgan fingerprint density at radius 3 is 2.43 bits per heavy atom. The van der Waals surface area contributed by atoms with E-state index >= 15 is 0 Å². The number of allylic oxidation sites excluding steroid dienone is 1. The van der Waals surface area contributed by atoms with E-state index in [9.17, 15) is 18.4 Å². The lowest BCUT2D eigenvalue weighted by molar-refractivity contribution is -0.146. The van der Waals surface area contributed by atoms with Gasteiger partial charge in [-0.05, 0) is 36.3 Å². The fourth-order valence-corrected chi connectivity index (χ4v) is 2.44. The first-order valence-electron chi connectivity index (χ1n) is 8.74. The van der Waals surface area contributed by atoms with Crippen LogP contribution in [0.4, 0.5) is 8.78 Å². The molecule has 0 aliphatic rings. The summed E-state index contributed by atoms with van der Waals surface area (Å²) in [4.78, 5) is 24.5. The second-order valence-electron chi connectivity index (χ2n) is 5.99. The van der Waals surface area contributed by atoms with Crippen molar-refractivity contribution in [2.45, 2.75) is 19.4 Å². The molecule has 1 atom stereocenters. The van der Waals surface area contributed by atoms with Crippen molar-refractivity contribution >= 4 is 18.0 Å². The third-order valence-corrected chi connectivity index (χ3v) is 3.75. The van der Waals surface area contributed by atoms with Crippen LogP contribution in [0.25, 0.3) is 6.08 Å². The lowest BCUT2D eigenvalue weighted by atomic mass is 10.1. The third kappa shape index (κ3) is 7.15. The van der Waals surface area contributed by atoms with E-state index in [0.717, 1.165) is 23.8 Å². The molecule has 6 heteroatoms. The topological polar surface area (TPSA) is 55.4 Å².